The maximum atomic E-state index is 11.9. The average molecular weight is 341 g/mol. The zero-order valence-electron chi connectivity index (χ0n) is 11.1. The molecule has 2 amide bonds. The smallest absolute Gasteiger partial charge is 0.337 e. The summed E-state index contributed by atoms with van der Waals surface area (Å²) >= 11 is 3.22. The van der Waals surface area contributed by atoms with Gasteiger partial charge in [0.1, 0.15) is 0 Å². The van der Waals surface area contributed by atoms with Gasteiger partial charge in [0, 0.05) is 10.5 Å². The van der Waals surface area contributed by atoms with Crippen molar-refractivity contribution in [3.63, 3.8) is 0 Å². The van der Waals surface area contributed by atoms with Gasteiger partial charge in [-0.1, -0.05) is 22.9 Å². The summed E-state index contributed by atoms with van der Waals surface area (Å²) in [4.78, 5) is 23.1. The predicted molar refractivity (Wildman–Crippen MR) is 80.1 cm³/mol. The molecule has 1 fully saturated rings. The third-order valence-corrected chi connectivity index (χ3v) is 3.98. The number of carboxylic acids is 1. The van der Waals surface area contributed by atoms with Crippen molar-refractivity contribution in [2.24, 2.45) is 5.92 Å². The van der Waals surface area contributed by atoms with Gasteiger partial charge in [-0.15, -0.1) is 0 Å². The number of aromatic carboxylic acids is 1. The number of nitrogens with one attached hydrogen (secondary N) is 2. The first-order valence-electron chi connectivity index (χ1n) is 6.56. The third-order valence-electron chi connectivity index (χ3n) is 3.49. The molecule has 2 unspecified atom stereocenters. The molecule has 0 heterocycles. The predicted octanol–water partition coefficient (Wildman–Crippen LogP) is 3.46. The van der Waals surface area contributed by atoms with Gasteiger partial charge in [0.2, 0.25) is 0 Å². The molecule has 1 aliphatic carbocycles. The van der Waals surface area contributed by atoms with Gasteiger partial charge in [-0.3, -0.25) is 0 Å². The lowest BCUT2D eigenvalue weighted by Gasteiger charge is -2.14. The summed E-state index contributed by atoms with van der Waals surface area (Å²) in [5, 5.41) is 14.6. The van der Waals surface area contributed by atoms with E-state index < -0.39 is 5.97 Å². The largest absolute Gasteiger partial charge is 0.478 e. The summed E-state index contributed by atoms with van der Waals surface area (Å²) in [6.07, 6.45) is 3.06. The first-order chi connectivity index (χ1) is 9.45. The third kappa shape index (κ3) is 3.72. The van der Waals surface area contributed by atoms with E-state index in [2.05, 4.69) is 33.5 Å². The molecule has 108 valence electrons. The first kappa shape index (κ1) is 14.8. The summed E-state index contributed by atoms with van der Waals surface area (Å²) in [7, 11) is 0. The lowest BCUT2D eigenvalue weighted by atomic mass is 10.1. The van der Waals surface area contributed by atoms with Crippen molar-refractivity contribution >= 4 is 33.6 Å². The Kier molecular flexibility index (Phi) is 4.65. The van der Waals surface area contributed by atoms with E-state index in [9.17, 15) is 9.59 Å². The van der Waals surface area contributed by atoms with Crippen LogP contribution in [0.5, 0.6) is 0 Å². The summed E-state index contributed by atoms with van der Waals surface area (Å²) in [5.41, 5.74) is 0.360. The van der Waals surface area contributed by atoms with Gasteiger partial charge in [-0.2, -0.15) is 0 Å². The van der Waals surface area contributed by atoms with Crippen LogP contribution >= 0.6 is 15.9 Å². The van der Waals surface area contributed by atoms with Crippen molar-refractivity contribution in [3.05, 3.63) is 28.2 Å². The number of halogens is 1. The second-order valence-corrected chi connectivity index (χ2v) is 6.12. The molecule has 3 N–H and O–H groups in total. The lowest BCUT2D eigenvalue weighted by Crippen LogP contribution is -2.36. The van der Waals surface area contributed by atoms with Crippen LogP contribution < -0.4 is 10.6 Å². The zero-order chi connectivity index (χ0) is 14.7. The van der Waals surface area contributed by atoms with Crippen molar-refractivity contribution in [3.8, 4) is 0 Å². The number of anilines is 1. The van der Waals surface area contributed by atoms with Gasteiger partial charge in [0.15, 0.2) is 0 Å². The molecule has 1 aromatic carbocycles. The Balaban J connectivity index is 2.02. The fourth-order valence-electron chi connectivity index (χ4n) is 2.48. The monoisotopic (exact) mass is 340 g/mol. The standard InChI is InChI=1S/C14H17BrN2O3/c1-8-2-4-10(6-8)16-14(20)17-12-5-3-9(15)7-11(12)13(18)19/h3,5,7-8,10H,2,4,6H2,1H3,(H,18,19)(H2,16,17,20). The van der Waals surface area contributed by atoms with Crippen LogP contribution in [0, 0.1) is 5.92 Å². The Morgan fingerprint density at radius 2 is 2.10 bits per heavy atom. The van der Waals surface area contributed by atoms with Gasteiger partial charge < -0.3 is 15.7 Å². The molecule has 2 atom stereocenters. The van der Waals surface area contributed by atoms with Gasteiger partial charge in [-0.25, -0.2) is 9.59 Å². The topological polar surface area (TPSA) is 78.4 Å². The molecule has 0 radical (unpaired) electrons. The quantitative estimate of drug-likeness (QED) is 0.788. The molecular weight excluding hydrogens is 324 g/mol. The molecule has 0 saturated heterocycles. The summed E-state index contributed by atoms with van der Waals surface area (Å²) in [5.74, 6) is -0.446. The number of rotatable bonds is 3. The molecule has 0 aliphatic heterocycles. The summed E-state index contributed by atoms with van der Waals surface area (Å²) < 4.78 is 0.658. The molecule has 0 spiro atoms. The number of urea groups is 1. The molecule has 0 bridgehead atoms. The molecule has 1 aliphatic rings. The van der Waals surface area contributed by atoms with E-state index in [0.717, 1.165) is 19.3 Å². The van der Waals surface area contributed by atoms with Crippen LogP contribution in [0.2, 0.25) is 0 Å². The first-order valence-corrected chi connectivity index (χ1v) is 7.35. The molecule has 6 heteroatoms. The highest BCUT2D eigenvalue weighted by Crippen LogP contribution is 2.25. The van der Waals surface area contributed by atoms with Crippen LogP contribution in [0.25, 0.3) is 0 Å². The Morgan fingerprint density at radius 1 is 1.35 bits per heavy atom. The van der Waals surface area contributed by atoms with Gasteiger partial charge in [0.05, 0.1) is 11.3 Å². The average Bonchev–Trinajstić information content (AvgIpc) is 2.76. The zero-order valence-corrected chi connectivity index (χ0v) is 12.7. The maximum absolute atomic E-state index is 11.9. The number of carbonyl (C=O) groups is 2. The minimum absolute atomic E-state index is 0.0642. The van der Waals surface area contributed by atoms with Crippen molar-refractivity contribution in [2.45, 2.75) is 32.2 Å². The highest BCUT2D eigenvalue weighted by molar-refractivity contribution is 9.10. The van der Waals surface area contributed by atoms with Crippen LogP contribution in [0.3, 0.4) is 0 Å². The van der Waals surface area contributed by atoms with E-state index in [1.807, 2.05) is 0 Å². The Morgan fingerprint density at radius 3 is 2.70 bits per heavy atom. The van der Waals surface area contributed by atoms with E-state index in [1.54, 1.807) is 12.1 Å². The number of amides is 2. The van der Waals surface area contributed by atoms with E-state index >= 15 is 0 Å². The Labute approximate surface area is 125 Å². The van der Waals surface area contributed by atoms with E-state index in [1.165, 1.54) is 6.07 Å². The minimum atomic E-state index is -1.07. The Hall–Kier alpha value is -1.56. The molecule has 1 saturated carbocycles. The van der Waals surface area contributed by atoms with E-state index in [4.69, 9.17) is 5.11 Å². The van der Waals surface area contributed by atoms with Gasteiger partial charge in [0.25, 0.3) is 0 Å². The fourth-order valence-corrected chi connectivity index (χ4v) is 2.85. The van der Waals surface area contributed by atoms with Crippen LogP contribution in [-0.2, 0) is 0 Å². The number of carboxylic acid groups (broad SMARTS) is 1. The Bertz CT molecular complexity index is 533. The maximum Gasteiger partial charge on any atom is 0.337 e. The SMILES string of the molecule is CC1CCC(NC(=O)Nc2ccc(Br)cc2C(=O)O)C1. The second-order valence-electron chi connectivity index (χ2n) is 5.21. The number of benzene rings is 1. The molecule has 5 nitrogen and oxygen atoms in total. The fraction of sp³-hybridized carbons (Fsp3) is 0.429. The van der Waals surface area contributed by atoms with Crippen molar-refractivity contribution in [2.75, 3.05) is 5.32 Å². The number of hydrogen-bond donors (Lipinski definition) is 3. The number of carbonyl (C=O) groups excluding carboxylic acids is 1. The van der Waals surface area contributed by atoms with Crippen LogP contribution in [0.1, 0.15) is 36.5 Å². The van der Waals surface area contributed by atoms with Crippen molar-refractivity contribution in [1.29, 1.82) is 0 Å². The molecular formula is C14H17BrN2O3. The highest BCUT2D eigenvalue weighted by Gasteiger charge is 2.23. The number of hydrogen-bond acceptors (Lipinski definition) is 2. The minimum Gasteiger partial charge on any atom is -0.478 e. The molecule has 0 aromatic heterocycles. The van der Waals surface area contributed by atoms with Crippen LogP contribution in [-0.4, -0.2) is 23.1 Å². The van der Waals surface area contributed by atoms with Gasteiger partial charge in [-0.05, 0) is 43.4 Å². The van der Waals surface area contributed by atoms with Crippen molar-refractivity contribution in [1.82, 2.24) is 5.32 Å². The summed E-state index contributed by atoms with van der Waals surface area (Å²) in [6.45, 7) is 2.16. The molecule has 1 aromatic rings. The van der Waals surface area contributed by atoms with E-state index in [0.29, 0.717) is 16.1 Å². The molecule has 2 rings (SSSR count). The molecule has 20 heavy (non-hydrogen) atoms. The lowest BCUT2D eigenvalue weighted by molar-refractivity contribution is 0.0698. The normalized spacial score (nSPS) is 21.5. The van der Waals surface area contributed by atoms with Crippen LogP contribution in [0.4, 0.5) is 10.5 Å². The highest BCUT2D eigenvalue weighted by atomic mass is 79.9. The summed E-state index contributed by atoms with van der Waals surface area (Å²) in [6, 6.07) is 4.56. The van der Waals surface area contributed by atoms with Gasteiger partial charge >= 0.3 is 12.0 Å². The second kappa shape index (κ2) is 6.26. The van der Waals surface area contributed by atoms with Crippen molar-refractivity contribution < 1.29 is 14.7 Å². The van der Waals surface area contributed by atoms with Crippen LogP contribution in [0.15, 0.2) is 22.7 Å². The van der Waals surface area contributed by atoms with E-state index in [-0.39, 0.29) is 17.6 Å².